The lowest BCUT2D eigenvalue weighted by Gasteiger charge is -2.21. The van der Waals surface area contributed by atoms with Crippen LogP contribution in [0.3, 0.4) is 0 Å². The second-order valence-corrected chi connectivity index (χ2v) is 7.35. The fraction of sp³-hybridized carbons (Fsp3) is 0.600. The molecule has 132 valence electrons. The summed E-state index contributed by atoms with van der Waals surface area (Å²) < 4.78 is 5.45. The van der Waals surface area contributed by atoms with Crippen molar-refractivity contribution in [1.82, 2.24) is 4.90 Å². The van der Waals surface area contributed by atoms with E-state index in [4.69, 9.17) is 4.74 Å². The van der Waals surface area contributed by atoms with E-state index in [2.05, 4.69) is 20.8 Å². The average Bonchev–Trinajstić information content (AvgIpc) is 2.82. The van der Waals surface area contributed by atoms with Crippen LogP contribution >= 0.6 is 0 Å². The number of ether oxygens (including phenoxy) is 1. The van der Waals surface area contributed by atoms with Crippen molar-refractivity contribution in [2.75, 3.05) is 0 Å². The number of rotatable bonds is 7. The van der Waals surface area contributed by atoms with Gasteiger partial charge in [0.05, 0.1) is 6.04 Å². The number of amides is 2. The maximum absolute atomic E-state index is 12.6. The van der Waals surface area contributed by atoms with Crippen LogP contribution in [0, 0.1) is 11.8 Å². The first-order valence-corrected chi connectivity index (χ1v) is 8.97. The Morgan fingerprint density at radius 1 is 1.17 bits per heavy atom. The normalized spacial score (nSPS) is 21.9. The number of carbonyl (C=O) groups excluding carboxylic acids is 2. The molecule has 1 aromatic carbocycles. The molecule has 4 heteroatoms. The zero-order valence-electron chi connectivity index (χ0n) is 15.2. The zero-order valence-corrected chi connectivity index (χ0v) is 15.2. The molecule has 1 aliphatic rings. The molecule has 0 N–H and O–H groups in total. The SMILES string of the molecule is CC(C)CCC[C@@H](C)CC(=O)N1C(=O)O[C@@H](c2ccccc2)[C@H]1C. The van der Waals surface area contributed by atoms with Gasteiger partial charge in [-0.25, -0.2) is 9.69 Å². The third-order valence-electron chi connectivity index (χ3n) is 4.67. The van der Waals surface area contributed by atoms with E-state index in [-0.39, 0.29) is 24.0 Å². The second-order valence-electron chi connectivity index (χ2n) is 7.35. The average molecular weight is 331 g/mol. The summed E-state index contributed by atoms with van der Waals surface area (Å²) in [6.45, 7) is 8.38. The van der Waals surface area contributed by atoms with Crippen molar-refractivity contribution in [2.24, 2.45) is 11.8 Å². The van der Waals surface area contributed by atoms with Crippen molar-refractivity contribution in [3.05, 3.63) is 35.9 Å². The largest absolute Gasteiger partial charge is 0.439 e. The van der Waals surface area contributed by atoms with Crippen LogP contribution in [0.15, 0.2) is 30.3 Å². The quantitative estimate of drug-likeness (QED) is 0.710. The van der Waals surface area contributed by atoms with Crippen LogP contribution in [0.4, 0.5) is 4.79 Å². The van der Waals surface area contributed by atoms with Gasteiger partial charge in [0.15, 0.2) is 0 Å². The Morgan fingerprint density at radius 3 is 2.46 bits per heavy atom. The fourth-order valence-electron chi connectivity index (χ4n) is 3.26. The monoisotopic (exact) mass is 331 g/mol. The highest BCUT2D eigenvalue weighted by Gasteiger charge is 2.43. The van der Waals surface area contributed by atoms with E-state index in [0.29, 0.717) is 12.3 Å². The van der Waals surface area contributed by atoms with E-state index in [1.54, 1.807) is 0 Å². The Morgan fingerprint density at radius 2 is 1.83 bits per heavy atom. The first-order chi connectivity index (χ1) is 11.4. The number of hydrogen-bond acceptors (Lipinski definition) is 3. The Bertz CT molecular complexity index is 555. The van der Waals surface area contributed by atoms with Crippen molar-refractivity contribution in [2.45, 2.75) is 65.5 Å². The number of nitrogens with zero attached hydrogens (tertiary/aromatic N) is 1. The van der Waals surface area contributed by atoms with Crippen molar-refractivity contribution in [3.63, 3.8) is 0 Å². The molecule has 1 fully saturated rings. The molecule has 0 bridgehead atoms. The number of imide groups is 1. The van der Waals surface area contributed by atoms with Crippen LogP contribution in [0.2, 0.25) is 0 Å². The third kappa shape index (κ3) is 4.59. The summed E-state index contributed by atoms with van der Waals surface area (Å²) in [7, 11) is 0. The van der Waals surface area contributed by atoms with Crippen LogP contribution in [0.25, 0.3) is 0 Å². The van der Waals surface area contributed by atoms with Crippen molar-refractivity contribution in [3.8, 4) is 0 Å². The number of carbonyl (C=O) groups is 2. The molecule has 0 aromatic heterocycles. The summed E-state index contributed by atoms with van der Waals surface area (Å²) in [6.07, 6.45) is 2.83. The minimum atomic E-state index is -0.518. The maximum atomic E-state index is 12.6. The molecule has 0 aliphatic carbocycles. The first kappa shape index (κ1) is 18.5. The van der Waals surface area contributed by atoms with E-state index in [0.717, 1.165) is 18.4 Å². The molecule has 24 heavy (non-hydrogen) atoms. The molecule has 2 amide bonds. The molecule has 1 aliphatic heterocycles. The van der Waals surface area contributed by atoms with Gasteiger partial charge >= 0.3 is 6.09 Å². The maximum Gasteiger partial charge on any atom is 0.417 e. The van der Waals surface area contributed by atoms with Crippen molar-refractivity contribution >= 4 is 12.0 Å². The highest BCUT2D eigenvalue weighted by Crippen LogP contribution is 2.33. The van der Waals surface area contributed by atoms with Gasteiger partial charge in [-0.15, -0.1) is 0 Å². The predicted molar refractivity (Wildman–Crippen MR) is 94.4 cm³/mol. The first-order valence-electron chi connectivity index (χ1n) is 8.97. The Hall–Kier alpha value is -1.84. The molecule has 1 saturated heterocycles. The van der Waals surface area contributed by atoms with E-state index < -0.39 is 6.09 Å². The second kappa shape index (κ2) is 8.32. The third-order valence-corrected chi connectivity index (χ3v) is 4.67. The van der Waals surface area contributed by atoms with Crippen LogP contribution in [0.5, 0.6) is 0 Å². The summed E-state index contributed by atoms with van der Waals surface area (Å²) in [6, 6.07) is 9.34. The van der Waals surface area contributed by atoms with Crippen molar-refractivity contribution < 1.29 is 14.3 Å². The lowest BCUT2D eigenvalue weighted by atomic mass is 9.96. The molecule has 2 rings (SSSR count). The van der Waals surface area contributed by atoms with Gasteiger partial charge in [0.2, 0.25) is 5.91 Å². The Balaban J connectivity index is 1.93. The highest BCUT2D eigenvalue weighted by atomic mass is 16.6. The lowest BCUT2D eigenvalue weighted by molar-refractivity contribution is -0.130. The number of hydrogen-bond donors (Lipinski definition) is 0. The Labute approximate surface area is 145 Å². The molecule has 4 nitrogen and oxygen atoms in total. The van der Waals surface area contributed by atoms with Gasteiger partial charge in [-0.3, -0.25) is 4.79 Å². The molecule has 0 unspecified atom stereocenters. The van der Waals surface area contributed by atoms with Crippen LogP contribution in [-0.2, 0) is 9.53 Å². The molecule has 1 aromatic rings. The lowest BCUT2D eigenvalue weighted by Crippen LogP contribution is -2.38. The van der Waals surface area contributed by atoms with E-state index in [9.17, 15) is 9.59 Å². The standard InChI is InChI=1S/C20H29NO3/c1-14(2)9-8-10-15(3)13-18(22)21-16(4)19(24-20(21)23)17-11-6-5-7-12-17/h5-7,11-12,14-16,19H,8-10,13H2,1-4H3/t15-,16-,19-/m1/s1. The van der Waals surface area contributed by atoms with Gasteiger partial charge in [0, 0.05) is 6.42 Å². The highest BCUT2D eigenvalue weighted by molar-refractivity contribution is 5.93. The van der Waals surface area contributed by atoms with Gasteiger partial charge in [-0.2, -0.15) is 0 Å². The van der Waals surface area contributed by atoms with Crippen LogP contribution in [-0.4, -0.2) is 22.9 Å². The van der Waals surface area contributed by atoms with Gasteiger partial charge in [0.1, 0.15) is 6.10 Å². The molecular formula is C20H29NO3. The van der Waals surface area contributed by atoms with Crippen molar-refractivity contribution in [1.29, 1.82) is 0 Å². The molecule has 1 heterocycles. The summed E-state index contributed by atoms with van der Waals surface area (Å²) in [4.78, 5) is 26.1. The minimum Gasteiger partial charge on any atom is -0.439 e. The number of cyclic esters (lactones) is 1. The van der Waals surface area contributed by atoms with Gasteiger partial charge in [-0.05, 0) is 24.3 Å². The van der Waals surface area contributed by atoms with E-state index in [1.807, 2.05) is 37.3 Å². The van der Waals surface area contributed by atoms with Gasteiger partial charge < -0.3 is 4.74 Å². The Kier molecular flexibility index (Phi) is 6.41. The smallest absolute Gasteiger partial charge is 0.417 e. The molecule has 3 atom stereocenters. The summed E-state index contributed by atoms with van der Waals surface area (Å²) >= 11 is 0. The molecular weight excluding hydrogens is 302 g/mol. The van der Waals surface area contributed by atoms with E-state index >= 15 is 0 Å². The van der Waals surface area contributed by atoms with Gasteiger partial charge in [-0.1, -0.05) is 70.4 Å². The van der Waals surface area contributed by atoms with Crippen LogP contribution in [0.1, 0.15) is 65.0 Å². The van der Waals surface area contributed by atoms with E-state index in [1.165, 1.54) is 11.3 Å². The number of benzene rings is 1. The summed E-state index contributed by atoms with van der Waals surface area (Å²) in [5, 5.41) is 0. The fourth-order valence-corrected chi connectivity index (χ4v) is 3.26. The molecule has 0 saturated carbocycles. The summed E-state index contributed by atoms with van der Waals surface area (Å²) in [5.41, 5.74) is 0.929. The van der Waals surface area contributed by atoms with Crippen LogP contribution < -0.4 is 0 Å². The molecule has 0 spiro atoms. The topological polar surface area (TPSA) is 46.6 Å². The predicted octanol–water partition coefficient (Wildman–Crippen LogP) is 4.95. The zero-order chi connectivity index (χ0) is 17.7. The summed E-state index contributed by atoms with van der Waals surface area (Å²) in [5.74, 6) is 0.850. The minimum absolute atomic E-state index is 0.122. The molecule has 0 radical (unpaired) electrons. The van der Waals surface area contributed by atoms with Gasteiger partial charge in [0.25, 0.3) is 0 Å².